The van der Waals surface area contributed by atoms with Gasteiger partial charge in [-0.3, -0.25) is 14.4 Å². The Morgan fingerprint density at radius 1 is 0.323 bits per heavy atom. The minimum atomic E-state index is -0.827. The van der Waals surface area contributed by atoms with Crippen molar-refractivity contribution in [2.45, 2.75) is 219 Å². The van der Waals surface area contributed by atoms with Crippen molar-refractivity contribution in [1.29, 1.82) is 0 Å². The highest BCUT2D eigenvalue weighted by Crippen LogP contribution is 2.13. The Morgan fingerprint density at radius 2 is 0.615 bits per heavy atom. The minimum absolute atomic E-state index is 0.118. The van der Waals surface area contributed by atoms with Crippen molar-refractivity contribution in [1.82, 2.24) is 0 Å². The average Bonchev–Trinajstić information content (AvgIpc) is 3.30. The van der Waals surface area contributed by atoms with Gasteiger partial charge in [-0.25, -0.2) is 0 Å². The Hall–Kier alpha value is -4.19. The standard InChI is InChI=1S/C59H94O6/c1-4-7-10-13-16-19-22-25-28-29-32-34-37-40-43-46-49-52-58(61)64-55-56(65-59(62)53-50-47-44-41-38-35-31-27-24-21-18-15-12-9-6-3)54-63-57(60)51-48-45-42-39-36-33-30-26-23-20-17-14-11-8-5-2/h7,9-10,12,16,18-21,23,25,27-28,31-32,34,38,40-41,43,56H,4-6,8,11,13-15,17,22,24,26,29-30,33,35-37,39,42,44-55H2,1-3H3/b10-7-,12-9-,19-16-,21-18-,23-20-,28-25-,31-27-,34-32-,41-38-,43-40-/t56-/m0/s1. The van der Waals surface area contributed by atoms with Crippen LogP contribution in [0, 0.1) is 0 Å². The lowest BCUT2D eigenvalue weighted by Crippen LogP contribution is -2.30. The van der Waals surface area contributed by atoms with Crippen molar-refractivity contribution in [2.24, 2.45) is 0 Å². The SMILES string of the molecule is CC/C=C\C/C=C\C/C=C\C/C=C\C/C=C\CCCC(=O)OC[C@H](COC(=O)CCCCCCCCC/C=C\CCCCCC)OC(=O)CCCC/C=C\C/C=C\C/C=C\C/C=C\CC. The van der Waals surface area contributed by atoms with Gasteiger partial charge in [-0.2, -0.15) is 0 Å². The molecule has 0 aromatic carbocycles. The molecule has 0 radical (unpaired) electrons. The number of unbranched alkanes of at least 4 members (excludes halogenated alkanes) is 14. The lowest BCUT2D eigenvalue weighted by molar-refractivity contribution is -0.167. The zero-order chi connectivity index (χ0) is 47.2. The van der Waals surface area contributed by atoms with Gasteiger partial charge >= 0.3 is 17.9 Å². The summed E-state index contributed by atoms with van der Waals surface area (Å²) in [6, 6.07) is 0. The molecular weight excluding hydrogens is 805 g/mol. The Labute approximate surface area is 399 Å². The number of rotatable bonds is 45. The Morgan fingerprint density at radius 3 is 1.05 bits per heavy atom. The molecule has 6 nitrogen and oxygen atoms in total. The second-order valence-corrected chi connectivity index (χ2v) is 16.7. The van der Waals surface area contributed by atoms with Gasteiger partial charge < -0.3 is 14.2 Å². The molecule has 0 aromatic heterocycles. The summed E-state index contributed by atoms with van der Waals surface area (Å²) in [5, 5.41) is 0. The van der Waals surface area contributed by atoms with Crippen LogP contribution in [0.4, 0.5) is 0 Å². The maximum Gasteiger partial charge on any atom is 0.306 e. The van der Waals surface area contributed by atoms with Crippen LogP contribution in [0.2, 0.25) is 0 Å². The highest BCUT2D eigenvalue weighted by Gasteiger charge is 2.19. The van der Waals surface area contributed by atoms with Gasteiger partial charge in [0.25, 0.3) is 0 Å². The molecule has 0 aromatic rings. The predicted octanol–water partition coefficient (Wildman–Crippen LogP) is 17.3. The fourth-order valence-electron chi connectivity index (χ4n) is 6.58. The van der Waals surface area contributed by atoms with Gasteiger partial charge in [0, 0.05) is 19.3 Å². The van der Waals surface area contributed by atoms with Crippen LogP contribution in [-0.2, 0) is 28.6 Å². The fraction of sp³-hybridized carbons (Fsp3) is 0.610. The number of hydrogen-bond acceptors (Lipinski definition) is 6. The summed E-state index contributed by atoms with van der Waals surface area (Å²) in [6.45, 7) is 6.29. The first-order valence-electron chi connectivity index (χ1n) is 26.0. The van der Waals surface area contributed by atoms with Crippen molar-refractivity contribution in [3.05, 3.63) is 122 Å². The van der Waals surface area contributed by atoms with E-state index in [9.17, 15) is 14.4 Å². The Kier molecular flexibility index (Phi) is 49.1. The van der Waals surface area contributed by atoms with E-state index >= 15 is 0 Å². The molecule has 6 heteroatoms. The number of carbonyl (C=O) groups is 3. The summed E-state index contributed by atoms with van der Waals surface area (Å²) in [7, 11) is 0. The molecule has 65 heavy (non-hydrogen) atoms. The summed E-state index contributed by atoms with van der Waals surface area (Å²) >= 11 is 0. The van der Waals surface area contributed by atoms with Crippen molar-refractivity contribution < 1.29 is 28.6 Å². The van der Waals surface area contributed by atoms with Crippen molar-refractivity contribution in [3.63, 3.8) is 0 Å². The highest BCUT2D eigenvalue weighted by atomic mass is 16.6. The average molecular weight is 899 g/mol. The molecule has 0 amide bonds. The summed E-state index contributed by atoms with van der Waals surface area (Å²) in [6.07, 6.45) is 71.9. The summed E-state index contributed by atoms with van der Waals surface area (Å²) in [5.41, 5.74) is 0. The first-order valence-corrected chi connectivity index (χ1v) is 26.0. The van der Waals surface area contributed by atoms with E-state index in [1.54, 1.807) is 0 Å². The lowest BCUT2D eigenvalue weighted by Gasteiger charge is -2.18. The summed E-state index contributed by atoms with van der Waals surface area (Å²) < 4.78 is 16.7. The first-order chi connectivity index (χ1) is 32.0. The molecule has 1 atom stereocenters. The van der Waals surface area contributed by atoms with Gasteiger partial charge in [0.2, 0.25) is 0 Å². The predicted molar refractivity (Wildman–Crippen MR) is 279 cm³/mol. The second-order valence-electron chi connectivity index (χ2n) is 16.7. The second kappa shape index (κ2) is 52.4. The molecule has 0 spiro atoms. The monoisotopic (exact) mass is 899 g/mol. The highest BCUT2D eigenvalue weighted by molar-refractivity contribution is 5.71. The number of carbonyl (C=O) groups excluding carboxylic acids is 3. The van der Waals surface area contributed by atoms with Crippen molar-refractivity contribution in [3.8, 4) is 0 Å². The van der Waals surface area contributed by atoms with E-state index in [2.05, 4.69) is 142 Å². The van der Waals surface area contributed by atoms with Gasteiger partial charge in [0.05, 0.1) is 0 Å². The largest absolute Gasteiger partial charge is 0.462 e. The van der Waals surface area contributed by atoms with E-state index in [-0.39, 0.29) is 44.0 Å². The molecule has 0 unspecified atom stereocenters. The maximum absolute atomic E-state index is 12.8. The molecule has 366 valence electrons. The molecule has 0 N–H and O–H groups in total. The van der Waals surface area contributed by atoms with E-state index < -0.39 is 6.10 Å². The molecule has 0 fully saturated rings. The van der Waals surface area contributed by atoms with Crippen LogP contribution >= 0.6 is 0 Å². The van der Waals surface area contributed by atoms with Crippen LogP contribution < -0.4 is 0 Å². The zero-order valence-corrected chi connectivity index (χ0v) is 41.7. The van der Waals surface area contributed by atoms with Crippen LogP contribution in [-0.4, -0.2) is 37.2 Å². The van der Waals surface area contributed by atoms with Crippen molar-refractivity contribution >= 4 is 17.9 Å². The molecule has 0 heterocycles. The van der Waals surface area contributed by atoms with Crippen LogP contribution in [0.5, 0.6) is 0 Å². The van der Waals surface area contributed by atoms with Gasteiger partial charge in [-0.05, 0) is 122 Å². The number of allylic oxidation sites excluding steroid dienone is 20. The third-order valence-electron chi connectivity index (χ3n) is 10.4. The third-order valence-corrected chi connectivity index (χ3v) is 10.4. The Balaban J connectivity index is 4.57. The van der Waals surface area contributed by atoms with Gasteiger partial charge in [-0.15, -0.1) is 0 Å². The Bertz CT molecular complexity index is 1400. The first kappa shape index (κ1) is 60.8. The van der Waals surface area contributed by atoms with Gasteiger partial charge in [-0.1, -0.05) is 194 Å². The summed E-state index contributed by atoms with van der Waals surface area (Å²) in [5.74, 6) is -1.03. The lowest BCUT2D eigenvalue weighted by atomic mass is 10.1. The number of esters is 3. The number of ether oxygens (including phenoxy) is 3. The third kappa shape index (κ3) is 50.7. The molecule has 0 rings (SSSR count). The molecule has 0 aliphatic carbocycles. The van der Waals surface area contributed by atoms with E-state index in [4.69, 9.17) is 14.2 Å². The van der Waals surface area contributed by atoms with Crippen molar-refractivity contribution in [2.75, 3.05) is 13.2 Å². The van der Waals surface area contributed by atoms with Gasteiger partial charge in [0.1, 0.15) is 13.2 Å². The normalized spacial score (nSPS) is 13.1. The van der Waals surface area contributed by atoms with E-state index in [1.165, 1.54) is 64.2 Å². The topological polar surface area (TPSA) is 78.9 Å². The molecular formula is C59H94O6. The summed E-state index contributed by atoms with van der Waals surface area (Å²) in [4.78, 5) is 38.0. The molecule has 0 bridgehead atoms. The molecule has 0 saturated carbocycles. The van der Waals surface area contributed by atoms with E-state index in [0.717, 1.165) is 96.3 Å². The van der Waals surface area contributed by atoms with E-state index in [1.807, 2.05) is 0 Å². The molecule has 0 aliphatic heterocycles. The minimum Gasteiger partial charge on any atom is -0.462 e. The zero-order valence-electron chi connectivity index (χ0n) is 41.7. The van der Waals surface area contributed by atoms with Crippen LogP contribution in [0.15, 0.2) is 122 Å². The quantitative estimate of drug-likeness (QED) is 0.0262. The van der Waals surface area contributed by atoms with E-state index in [0.29, 0.717) is 19.3 Å². The number of hydrogen-bond donors (Lipinski definition) is 0. The molecule has 0 saturated heterocycles. The smallest absolute Gasteiger partial charge is 0.306 e. The maximum atomic E-state index is 12.8. The van der Waals surface area contributed by atoms with Crippen LogP contribution in [0.1, 0.15) is 213 Å². The fourth-order valence-corrected chi connectivity index (χ4v) is 6.58. The van der Waals surface area contributed by atoms with Crippen LogP contribution in [0.3, 0.4) is 0 Å². The molecule has 0 aliphatic rings. The van der Waals surface area contributed by atoms with Crippen LogP contribution in [0.25, 0.3) is 0 Å². The van der Waals surface area contributed by atoms with Gasteiger partial charge in [0.15, 0.2) is 6.10 Å².